The van der Waals surface area contributed by atoms with E-state index >= 15 is 0 Å². The number of methoxy groups -OCH3 is 1. The molecule has 0 radical (unpaired) electrons. The van der Waals surface area contributed by atoms with Crippen molar-refractivity contribution in [2.75, 3.05) is 12.8 Å². The number of aliphatic hydroxyl groups is 3. The van der Waals surface area contributed by atoms with Crippen LogP contribution in [0.5, 0.6) is 6.01 Å². The van der Waals surface area contributed by atoms with Crippen molar-refractivity contribution >= 4 is 17.0 Å². The molecule has 1 aliphatic heterocycles. The highest BCUT2D eigenvalue weighted by molar-refractivity contribution is 5.82. The van der Waals surface area contributed by atoms with E-state index in [4.69, 9.17) is 15.2 Å². The number of ether oxygens (including phenoxy) is 2. The van der Waals surface area contributed by atoms with Crippen molar-refractivity contribution in [1.82, 2.24) is 19.5 Å². The minimum Gasteiger partial charge on any atom is -0.510 e. The van der Waals surface area contributed by atoms with Crippen LogP contribution < -0.4 is 10.5 Å². The predicted molar refractivity (Wildman–Crippen MR) is 83.2 cm³/mol. The maximum atomic E-state index is 10.3. The number of aliphatic hydroxyl groups excluding tert-OH is 3. The summed E-state index contributed by atoms with van der Waals surface area (Å²) in [6, 6.07) is 0.0403. The van der Waals surface area contributed by atoms with E-state index in [0.29, 0.717) is 11.1 Å². The van der Waals surface area contributed by atoms with Gasteiger partial charge in [-0.05, 0) is 19.4 Å². The number of imidazole rings is 1. The van der Waals surface area contributed by atoms with Gasteiger partial charge in [0.1, 0.15) is 24.1 Å². The summed E-state index contributed by atoms with van der Waals surface area (Å²) in [5, 5.41) is 30.6. The molecule has 10 nitrogen and oxygen atoms in total. The minimum atomic E-state index is -1.30. The van der Waals surface area contributed by atoms with Crippen molar-refractivity contribution < 1.29 is 24.8 Å². The molecule has 10 heteroatoms. The van der Waals surface area contributed by atoms with E-state index in [1.54, 1.807) is 13.8 Å². The van der Waals surface area contributed by atoms with Gasteiger partial charge in [0, 0.05) is 0 Å². The number of aromatic nitrogens is 4. The first-order chi connectivity index (χ1) is 11.3. The van der Waals surface area contributed by atoms with Crippen molar-refractivity contribution in [2.45, 2.75) is 38.4 Å². The number of nitrogens with two attached hydrogens (primary N) is 1. The molecular weight excluding hydrogens is 318 g/mol. The molecule has 1 aliphatic rings. The van der Waals surface area contributed by atoms with E-state index in [-0.39, 0.29) is 23.2 Å². The molecule has 1 saturated heterocycles. The summed E-state index contributed by atoms with van der Waals surface area (Å²) in [6.45, 7) is 3.35. The summed E-state index contributed by atoms with van der Waals surface area (Å²) in [6.07, 6.45) is -3.28. The first-order valence-electron chi connectivity index (χ1n) is 7.27. The molecule has 0 spiro atoms. The highest BCUT2D eigenvalue weighted by atomic mass is 16.6. The van der Waals surface area contributed by atoms with Gasteiger partial charge in [-0.25, -0.2) is 4.98 Å². The lowest BCUT2D eigenvalue weighted by Gasteiger charge is -2.16. The number of fused-ring (bicyclic) bond motifs is 1. The number of rotatable bonds is 3. The third-order valence-corrected chi connectivity index (χ3v) is 3.90. The third kappa shape index (κ3) is 2.44. The fourth-order valence-electron chi connectivity index (χ4n) is 2.59. The molecule has 0 bridgehead atoms. The van der Waals surface area contributed by atoms with Gasteiger partial charge in [0.15, 0.2) is 23.2 Å². The zero-order valence-corrected chi connectivity index (χ0v) is 13.4. The Balaban J connectivity index is 2.05. The molecule has 4 atom stereocenters. The average molecular weight is 337 g/mol. The first kappa shape index (κ1) is 16.4. The molecule has 130 valence electrons. The molecule has 3 rings (SSSR count). The SMILES string of the molecule is COc1nc(N)c2ncn([C@@H]3O[C@H](C(O)=C(C)C)[C@@H](O)[C@H]3O)c2n1. The molecule has 0 amide bonds. The topological polar surface area (TPSA) is 149 Å². The maximum Gasteiger partial charge on any atom is 0.320 e. The summed E-state index contributed by atoms with van der Waals surface area (Å²) < 4.78 is 12.1. The van der Waals surface area contributed by atoms with Crippen molar-refractivity contribution in [3.05, 3.63) is 17.7 Å². The molecule has 2 aromatic heterocycles. The third-order valence-electron chi connectivity index (χ3n) is 3.90. The summed E-state index contributed by atoms with van der Waals surface area (Å²) in [4.78, 5) is 12.2. The lowest BCUT2D eigenvalue weighted by molar-refractivity contribution is -0.0345. The second-order valence-electron chi connectivity index (χ2n) is 5.73. The quantitative estimate of drug-likeness (QED) is 0.563. The summed E-state index contributed by atoms with van der Waals surface area (Å²) >= 11 is 0. The number of allylic oxidation sites excluding steroid dienone is 1. The molecule has 0 saturated carbocycles. The van der Waals surface area contributed by atoms with Gasteiger partial charge in [-0.15, -0.1) is 0 Å². The standard InChI is InChI=1S/C14H19N5O5/c1-5(2)7(20)10-8(21)9(22)13(24-10)19-4-16-6-11(15)17-14(23-3)18-12(6)19/h4,8-10,13,20-22H,1-3H3,(H2,15,17,18)/t8-,9+,10+,13+/m0/s1. The predicted octanol–water partition coefficient (Wildman–Crippen LogP) is -0.112. The highest BCUT2D eigenvalue weighted by Gasteiger charge is 2.46. The van der Waals surface area contributed by atoms with Crippen LogP contribution in [0.1, 0.15) is 20.1 Å². The summed E-state index contributed by atoms with van der Waals surface area (Å²) in [5.41, 5.74) is 6.99. The van der Waals surface area contributed by atoms with Gasteiger partial charge in [0.2, 0.25) is 0 Å². The molecule has 2 aromatic rings. The van der Waals surface area contributed by atoms with Crippen molar-refractivity contribution in [1.29, 1.82) is 0 Å². The number of nitrogens with zero attached hydrogens (tertiary/aromatic N) is 4. The molecule has 3 heterocycles. The fraction of sp³-hybridized carbons (Fsp3) is 0.500. The Bertz CT molecular complexity index is 800. The van der Waals surface area contributed by atoms with Crippen LogP contribution in [-0.2, 0) is 4.74 Å². The van der Waals surface area contributed by atoms with Crippen molar-refractivity contribution in [3.63, 3.8) is 0 Å². The van der Waals surface area contributed by atoms with Crippen LogP contribution in [0.3, 0.4) is 0 Å². The molecule has 1 fully saturated rings. The Labute approximate surface area is 137 Å². The number of hydrogen-bond acceptors (Lipinski definition) is 9. The molecule has 0 aromatic carbocycles. The van der Waals surface area contributed by atoms with Crippen LogP contribution in [0.15, 0.2) is 17.7 Å². The average Bonchev–Trinajstić information content (AvgIpc) is 3.09. The molecule has 0 aliphatic carbocycles. The minimum absolute atomic E-state index is 0.0403. The largest absolute Gasteiger partial charge is 0.510 e. The van der Waals surface area contributed by atoms with Crippen LogP contribution in [0.4, 0.5) is 5.82 Å². The number of anilines is 1. The van der Waals surface area contributed by atoms with Gasteiger partial charge in [0.05, 0.1) is 13.4 Å². The zero-order chi connectivity index (χ0) is 17.6. The van der Waals surface area contributed by atoms with Gasteiger partial charge in [-0.2, -0.15) is 9.97 Å². The van der Waals surface area contributed by atoms with E-state index < -0.39 is 24.5 Å². The lowest BCUT2D eigenvalue weighted by Crippen LogP contribution is -2.32. The van der Waals surface area contributed by atoms with Crippen molar-refractivity contribution in [2.24, 2.45) is 0 Å². The summed E-state index contributed by atoms with van der Waals surface area (Å²) in [5.74, 6) is -0.00692. The Morgan fingerprint density at radius 3 is 2.62 bits per heavy atom. The van der Waals surface area contributed by atoms with Crippen LogP contribution in [0.2, 0.25) is 0 Å². The molecular formula is C14H19N5O5. The van der Waals surface area contributed by atoms with Crippen LogP contribution >= 0.6 is 0 Å². The van der Waals surface area contributed by atoms with Gasteiger partial charge in [-0.3, -0.25) is 4.57 Å². The molecule has 5 N–H and O–H groups in total. The van der Waals surface area contributed by atoms with Gasteiger partial charge in [0.25, 0.3) is 0 Å². The Morgan fingerprint density at radius 2 is 2.00 bits per heavy atom. The first-order valence-corrected chi connectivity index (χ1v) is 7.27. The monoisotopic (exact) mass is 337 g/mol. The Morgan fingerprint density at radius 1 is 1.29 bits per heavy atom. The van der Waals surface area contributed by atoms with E-state index in [9.17, 15) is 15.3 Å². The van der Waals surface area contributed by atoms with Gasteiger partial charge in [-0.1, -0.05) is 0 Å². The second-order valence-corrected chi connectivity index (χ2v) is 5.73. The van der Waals surface area contributed by atoms with E-state index in [0.717, 1.165) is 0 Å². The zero-order valence-electron chi connectivity index (χ0n) is 13.4. The normalized spacial score (nSPS) is 26.7. The highest BCUT2D eigenvalue weighted by Crippen LogP contribution is 2.35. The van der Waals surface area contributed by atoms with Gasteiger partial charge >= 0.3 is 6.01 Å². The van der Waals surface area contributed by atoms with Gasteiger partial charge < -0.3 is 30.5 Å². The summed E-state index contributed by atoms with van der Waals surface area (Å²) in [7, 11) is 1.40. The second kappa shape index (κ2) is 5.89. The van der Waals surface area contributed by atoms with Crippen LogP contribution in [0.25, 0.3) is 11.2 Å². The lowest BCUT2D eigenvalue weighted by atomic mass is 10.1. The van der Waals surface area contributed by atoms with E-state index in [2.05, 4.69) is 15.0 Å². The van der Waals surface area contributed by atoms with Crippen LogP contribution in [-0.4, -0.2) is 60.3 Å². The van der Waals surface area contributed by atoms with Crippen LogP contribution in [0, 0.1) is 0 Å². The number of hydrogen-bond donors (Lipinski definition) is 4. The molecule has 24 heavy (non-hydrogen) atoms. The fourth-order valence-corrected chi connectivity index (χ4v) is 2.59. The molecule has 0 unspecified atom stereocenters. The van der Waals surface area contributed by atoms with Crippen molar-refractivity contribution in [3.8, 4) is 6.01 Å². The van der Waals surface area contributed by atoms with E-state index in [1.165, 1.54) is 18.0 Å². The maximum absolute atomic E-state index is 10.3. The number of nitrogen functional groups attached to an aromatic ring is 1. The Kier molecular flexibility index (Phi) is 4.03. The van der Waals surface area contributed by atoms with E-state index in [1.807, 2.05) is 0 Å². The Hall–Kier alpha value is -2.43. The smallest absolute Gasteiger partial charge is 0.320 e.